The molecule has 1 aliphatic heterocycles. The first-order chi connectivity index (χ1) is 12.1. The molecule has 0 spiro atoms. The van der Waals surface area contributed by atoms with Crippen molar-refractivity contribution in [3.63, 3.8) is 0 Å². The van der Waals surface area contributed by atoms with Crippen molar-refractivity contribution >= 4 is 56.3 Å². The summed E-state index contributed by atoms with van der Waals surface area (Å²) in [6, 6.07) is 7.54. The molecule has 0 saturated carbocycles. The Morgan fingerprint density at radius 2 is 2.00 bits per heavy atom. The molecule has 1 amide bonds. The third-order valence-corrected chi connectivity index (χ3v) is 5.75. The van der Waals surface area contributed by atoms with Gasteiger partial charge in [-0.1, -0.05) is 17.4 Å². The number of nitrogens with zero attached hydrogens (tertiary/aromatic N) is 3. The number of thiazole rings is 1. The smallest absolute Gasteiger partial charge is 0.270 e. The van der Waals surface area contributed by atoms with Crippen LogP contribution in [0.1, 0.15) is 9.67 Å². The lowest BCUT2D eigenvalue weighted by molar-refractivity contribution is 0.0989. The quantitative estimate of drug-likeness (QED) is 0.640. The Hall–Kier alpha value is -1.87. The monoisotopic (exact) mass is 411 g/mol. The molecule has 0 aliphatic carbocycles. The van der Waals surface area contributed by atoms with Gasteiger partial charge in [0, 0.05) is 25.2 Å². The first-order valence-corrected chi connectivity index (χ1v) is 9.52. The van der Waals surface area contributed by atoms with Crippen LogP contribution in [0.2, 0.25) is 0 Å². The normalized spacial score (nSPS) is 12.4. The number of hydrogen-bond acceptors (Lipinski definition) is 7. The zero-order valence-corrected chi connectivity index (χ0v) is 16.7. The van der Waals surface area contributed by atoms with Crippen LogP contribution in [-0.2, 0) is 0 Å². The van der Waals surface area contributed by atoms with Crippen molar-refractivity contribution < 1.29 is 14.3 Å². The molecule has 0 radical (unpaired) electrons. The second kappa shape index (κ2) is 7.79. The van der Waals surface area contributed by atoms with Crippen molar-refractivity contribution in [1.82, 2.24) is 9.88 Å². The Morgan fingerprint density at radius 1 is 1.23 bits per heavy atom. The maximum Gasteiger partial charge on any atom is 0.270 e. The Morgan fingerprint density at radius 3 is 2.69 bits per heavy atom. The zero-order valence-electron chi connectivity index (χ0n) is 14.3. The van der Waals surface area contributed by atoms with E-state index in [0.717, 1.165) is 22.5 Å². The van der Waals surface area contributed by atoms with Crippen molar-refractivity contribution in [2.24, 2.45) is 0 Å². The molecule has 1 aromatic carbocycles. The molecule has 6 nitrogen and oxygen atoms in total. The highest BCUT2D eigenvalue weighted by Crippen LogP contribution is 2.40. The number of carbonyl (C=O) groups is 1. The number of carbonyl (C=O) groups excluding carboxylic acids is 1. The summed E-state index contributed by atoms with van der Waals surface area (Å²) in [6.07, 6.45) is 0. The van der Waals surface area contributed by atoms with Crippen molar-refractivity contribution in [2.75, 3.05) is 38.9 Å². The lowest BCUT2D eigenvalue weighted by Gasteiger charge is -2.21. The van der Waals surface area contributed by atoms with Crippen LogP contribution in [0.25, 0.3) is 10.2 Å². The summed E-state index contributed by atoms with van der Waals surface area (Å²) >= 11 is 2.94. The number of halogens is 1. The molecule has 4 rings (SSSR count). The molecule has 0 atom stereocenters. The number of thiophene rings is 1. The molecule has 1 aliphatic rings. The Labute approximate surface area is 165 Å². The number of likely N-dealkylation sites (N-methyl/N-ethyl adjacent to an activating group) is 1. The van der Waals surface area contributed by atoms with Gasteiger partial charge in [-0.15, -0.1) is 23.7 Å². The van der Waals surface area contributed by atoms with Gasteiger partial charge in [0.15, 0.2) is 16.6 Å². The first kappa shape index (κ1) is 18.9. The summed E-state index contributed by atoms with van der Waals surface area (Å²) in [5, 5.41) is 2.61. The number of anilines is 1. The summed E-state index contributed by atoms with van der Waals surface area (Å²) < 4.78 is 11.8. The van der Waals surface area contributed by atoms with Crippen molar-refractivity contribution in [3.05, 3.63) is 34.5 Å². The van der Waals surface area contributed by atoms with Crippen LogP contribution in [0.3, 0.4) is 0 Å². The van der Waals surface area contributed by atoms with Gasteiger partial charge in [-0.3, -0.25) is 9.69 Å². The molecular weight excluding hydrogens is 394 g/mol. The molecular formula is C17H18ClN3O3S2. The van der Waals surface area contributed by atoms with Gasteiger partial charge in [-0.25, -0.2) is 4.98 Å². The van der Waals surface area contributed by atoms with E-state index < -0.39 is 0 Å². The van der Waals surface area contributed by atoms with Crippen LogP contribution in [0.5, 0.6) is 11.5 Å². The van der Waals surface area contributed by atoms with E-state index in [9.17, 15) is 4.79 Å². The van der Waals surface area contributed by atoms with E-state index in [1.807, 2.05) is 43.7 Å². The number of benzene rings is 1. The highest BCUT2D eigenvalue weighted by molar-refractivity contribution is 7.22. The Bertz CT molecular complexity index is 871. The number of hydrogen-bond donors (Lipinski definition) is 0. The first-order valence-electron chi connectivity index (χ1n) is 7.82. The molecule has 3 heterocycles. The average Bonchev–Trinajstić information content (AvgIpc) is 3.31. The van der Waals surface area contributed by atoms with Gasteiger partial charge in [0.2, 0.25) is 6.79 Å². The lowest BCUT2D eigenvalue weighted by atomic mass is 10.3. The van der Waals surface area contributed by atoms with E-state index in [1.54, 1.807) is 4.90 Å². The standard InChI is InChI=1S/C17H17N3O3S2.ClH/c1-19(2)5-6-20(16(21)14-4-3-7-24-14)17-18-11-8-12-13(23-10-22-12)9-15(11)25-17;/h3-4,7-9H,5-6,10H2,1-2H3;1H. The van der Waals surface area contributed by atoms with Crippen molar-refractivity contribution in [2.45, 2.75) is 0 Å². The van der Waals surface area contributed by atoms with E-state index in [1.165, 1.54) is 22.7 Å². The summed E-state index contributed by atoms with van der Waals surface area (Å²) in [4.78, 5) is 22.1. The predicted octanol–water partition coefficient (Wildman–Crippen LogP) is 3.72. The number of ether oxygens (including phenoxy) is 2. The van der Waals surface area contributed by atoms with Crippen LogP contribution in [0.4, 0.5) is 5.13 Å². The van der Waals surface area contributed by atoms with Crippen LogP contribution < -0.4 is 14.4 Å². The highest BCUT2D eigenvalue weighted by atomic mass is 35.5. The molecule has 0 bridgehead atoms. The highest BCUT2D eigenvalue weighted by Gasteiger charge is 2.23. The SMILES string of the molecule is CN(C)CCN(C(=O)c1cccs1)c1nc2cc3c(cc2s1)OCO3.Cl. The zero-order chi connectivity index (χ0) is 17.4. The summed E-state index contributed by atoms with van der Waals surface area (Å²) in [5.41, 5.74) is 0.818. The summed E-state index contributed by atoms with van der Waals surface area (Å²) in [5.74, 6) is 1.41. The van der Waals surface area contributed by atoms with Gasteiger partial charge in [0.1, 0.15) is 0 Å². The van der Waals surface area contributed by atoms with Gasteiger partial charge in [0.25, 0.3) is 5.91 Å². The van der Waals surface area contributed by atoms with E-state index in [4.69, 9.17) is 9.47 Å². The summed E-state index contributed by atoms with van der Waals surface area (Å²) in [6.45, 7) is 1.58. The molecule has 0 saturated heterocycles. The van der Waals surface area contributed by atoms with Crippen LogP contribution in [0, 0.1) is 0 Å². The second-order valence-electron chi connectivity index (χ2n) is 5.91. The van der Waals surface area contributed by atoms with E-state index in [-0.39, 0.29) is 25.1 Å². The number of amides is 1. The minimum atomic E-state index is -0.0176. The maximum atomic E-state index is 12.9. The Kier molecular flexibility index (Phi) is 5.67. The maximum absolute atomic E-state index is 12.9. The minimum absolute atomic E-state index is 0. The minimum Gasteiger partial charge on any atom is -0.454 e. The molecule has 0 N–H and O–H groups in total. The largest absolute Gasteiger partial charge is 0.454 e. The molecule has 9 heteroatoms. The lowest BCUT2D eigenvalue weighted by Crippen LogP contribution is -2.36. The average molecular weight is 412 g/mol. The predicted molar refractivity (Wildman–Crippen MR) is 108 cm³/mol. The van der Waals surface area contributed by atoms with Crippen LogP contribution >= 0.6 is 35.1 Å². The topological polar surface area (TPSA) is 54.9 Å². The van der Waals surface area contributed by atoms with Gasteiger partial charge < -0.3 is 14.4 Å². The number of aromatic nitrogens is 1. The van der Waals surface area contributed by atoms with Gasteiger partial charge in [-0.05, 0) is 25.5 Å². The molecule has 26 heavy (non-hydrogen) atoms. The fraction of sp³-hybridized carbons (Fsp3) is 0.294. The van der Waals surface area contributed by atoms with Gasteiger partial charge >= 0.3 is 0 Å². The molecule has 138 valence electrons. The number of rotatable bonds is 5. The van der Waals surface area contributed by atoms with Crippen molar-refractivity contribution in [3.8, 4) is 11.5 Å². The number of fused-ring (bicyclic) bond motifs is 2. The van der Waals surface area contributed by atoms with Gasteiger partial charge in [-0.2, -0.15) is 0 Å². The Balaban J connectivity index is 0.00000196. The molecule has 3 aromatic rings. The molecule has 0 fully saturated rings. The third-order valence-electron chi connectivity index (χ3n) is 3.85. The van der Waals surface area contributed by atoms with E-state index in [0.29, 0.717) is 22.3 Å². The van der Waals surface area contributed by atoms with Crippen LogP contribution in [-0.4, -0.2) is 49.8 Å². The van der Waals surface area contributed by atoms with E-state index in [2.05, 4.69) is 9.88 Å². The second-order valence-corrected chi connectivity index (χ2v) is 7.86. The fourth-order valence-corrected chi connectivity index (χ4v) is 4.21. The van der Waals surface area contributed by atoms with Gasteiger partial charge in [0.05, 0.1) is 15.1 Å². The van der Waals surface area contributed by atoms with Crippen molar-refractivity contribution in [1.29, 1.82) is 0 Å². The molecule has 0 unspecified atom stereocenters. The molecule has 2 aromatic heterocycles. The van der Waals surface area contributed by atoms with E-state index >= 15 is 0 Å². The third kappa shape index (κ3) is 3.64. The van der Waals surface area contributed by atoms with Crippen LogP contribution in [0.15, 0.2) is 29.6 Å². The summed E-state index contributed by atoms with van der Waals surface area (Å²) in [7, 11) is 3.98. The fourth-order valence-electron chi connectivity index (χ4n) is 2.54.